The highest BCUT2D eigenvalue weighted by Crippen LogP contribution is 2.33. The highest BCUT2D eigenvalue weighted by atomic mass is 16.5. The topological polar surface area (TPSA) is 50.7 Å². The molecule has 1 amide bonds. The number of carbonyl (C=O) groups is 1. The van der Waals surface area contributed by atoms with Crippen molar-refractivity contribution in [3.63, 3.8) is 0 Å². The predicted octanol–water partition coefficient (Wildman–Crippen LogP) is 3.30. The SMILES string of the molecule is CC.COc1ccc(C2=NC3(CCCCC3)NC2=O)cc1. The second-order valence-corrected chi connectivity index (χ2v) is 5.24. The van der Waals surface area contributed by atoms with Crippen LogP contribution in [0.3, 0.4) is 0 Å². The lowest BCUT2D eigenvalue weighted by molar-refractivity contribution is -0.115. The summed E-state index contributed by atoms with van der Waals surface area (Å²) in [4.78, 5) is 16.8. The van der Waals surface area contributed by atoms with Crippen molar-refractivity contribution in [1.82, 2.24) is 5.32 Å². The van der Waals surface area contributed by atoms with Gasteiger partial charge in [-0.3, -0.25) is 9.79 Å². The molecule has 0 unspecified atom stereocenters. The minimum absolute atomic E-state index is 0.0490. The fourth-order valence-corrected chi connectivity index (χ4v) is 2.88. The number of aliphatic imine (C=N–C) groups is 1. The molecule has 0 saturated heterocycles. The number of methoxy groups -OCH3 is 1. The number of hydrogen-bond acceptors (Lipinski definition) is 3. The van der Waals surface area contributed by atoms with Crippen molar-refractivity contribution >= 4 is 11.6 Å². The Bertz CT molecular complexity index is 514. The van der Waals surface area contributed by atoms with Crippen LogP contribution in [0.2, 0.25) is 0 Å². The van der Waals surface area contributed by atoms with Gasteiger partial charge in [-0.05, 0) is 49.9 Å². The van der Waals surface area contributed by atoms with Gasteiger partial charge in [0.25, 0.3) is 5.91 Å². The Morgan fingerprint density at radius 2 is 1.71 bits per heavy atom. The zero-order valence-electron chi connectivity index (χ0n) is 13.1. The quantitative estimate of drug-likeness (QED) is 0.907. The van der Waals surface area contributed by atoms with Crippen LogP contribution in [0.1, 0.15) is 51.5 Å². The number of benzene rings is 1. The van der Waals surface area contributed by atoms with Crippen molar-refractivity contribution in [1.29, 1.82) is 0 Å². The van der Waals surface area contributed by atoms with Crippen molar-refractivity contribution in [3.05, 3.63) is 29.8 Å². The second kappa shape index (κ2) is 6.74. The molecule has 1 heterocycles. The van der Waals surface area contributed by atoms with E-state index in [1.165, 1.54) is 6.42 Å². The van der Waals surface area contributed by atoms with E-state index in [-0.39, 0.29) is 11.6 Å². The molecule has 1 aromatic rings. The zero-order chi connectivity index (χ0) is 15.3. The molecule has 21 heavy (non-hydrogen) atoms. The molecule has 2 aliphatic rings. The molecule has 1 aliphatic carbocycles. The summed E-state index contributed by atoms with van der Waals surface area (Å²) in [5.74, 6) is 0.738. The third kappa shape index (κ3) is 3.26. The maximum Gasteiger partial charge on any atom is 0.272 e. The number of nitrogens with zero attached hydrogens (tertiary/aromatic N) is 1. The maximum atomic E-state index is 12.1. The number of nitrogens with one attached hydrogen (secondary N) is 1. The Labute approximate surface area is 126 Å². The molecule has 1 spiro atoms. The van der Waals surface area contributed by atoms with E-state index in [2.05, 4.69) is 5.32 Å². The first-order valence-corrected chi connectivity index (χ1v) is 7.79. The van der Waals surface area contributed by atoms with Crippen molar-refractivity contribution in [2.75, 3.05) is 7.11 Å². The molecule has 1 aliphatic heterocycles. The van der Waals surface area contributed by atoms with Crippen LogP contribution in [0.5, 0.6) is 5.75 Å². The van der Waals surface area contributed by atoms with E-state index in [1.54, 1.807) is 7.11 Å². The Morgan fingerprint density at radius 3 is 2.29 bits per heavy atom. The van der Waals surface area contributed by atoms with Crippen LogP contribution in [-0.2, 0) is 4.79 Å². The lowest BCUT2D eigenvalue weighted by atomic mass is 9.90. The molecule has 0 aromatic heterocycles. The summed E-state index contributed by atoms with van der Waals surface area (Å²) >= 11 is 0. The first-order chi connectivity index (χ1) is 10.2. The summed E-state index contributed by atoms with van der Waals surface area (Å²) in [7, 11) is 1.63. The monoisotopic (exact) mass is 288 g/mol. The lowest BCUT2D eigenvalue weighted by Crippen LogP contribution is -2.43. The number of carbonyl (C=O) groups excluding carboxylic acids is 1. The number of hydrogen-bond donors (Lipinski definition) is 1. The smallest absolute Gasteiger partial charge is 0.272 e. The molecular formula is C17H24N2O2. The zero-order valence-corrected chi connectivity index (χ0v) is 13.1. The number of amides is 1. The van der Waals surface area contributed by atoms with Gasteiger partial charge in [0, 0.05) is 5.56 Å². The maximum absolute atomic E-state index is 12.1. The van der Waals surface area contributed by atoms with Crippen LogP contribution >= 0.6 is 0 Å². The van der Waals surface area contributed by atoms with Gasteiger partial charge >= 0.3 is 0 Å². The Balaban J connectivity index is 0.000000774. The van der Waals surface area contributed by atoms with E-state index in [1.807, 2.05) is 38.1 Å². The third-order valence-corrected chi connectivity index (χ3v) is 3.93. The van der Waals surface area contributed by atoms with Crippen molar-refractivity contribution in [3.8, 4) is 5.75 Å². The van der Waals surface area contributed by atoms with E-state index in [0.29, 0.717) is 5.71 Å². The van der Waals surface area contributed by atoms with E-state index < -0.39 is 0 Å². The van der Waals surface area contributed by atoms with Gasteiger partial charge in [0.2, 0.25) is 0 Å². The molecule has 1 aromatic carbocycles. The Hall–Kier alpha value is -1.84. The minimum Gasteiger partial charge on any atom is -0.497 e. The van der Waals surface area contributed by atoms with Gasteiger partial charge in [0.05, 0.1) is 7.11 Å². The van der Waals surface area contributed by atoms with Gasteiger partial charge < -0.3 is 10.1 Å². The van der Waals surface area contributed by atoms with Crippen LogP contribution in [-0.4, -0.2) is 24.4 Å². The lowest BCUT2D eigenvalue weighted by Gasteiger charge is -2.30. The average molecular weight is 288 g/mol. The molecule has 4 heteroatoms. The molecule has 1 saturated carbocycles. The van der Waals surface area contributed by atoms with Gasteiger partial charge in [-0.15, -0.1) is 0 Å². The van der Waals surface area contributed by atoms with Crippen molar-refractivity contribution in [2.45, 2.75) is 51.6 Å². The largest absolute Gasteiger partial charge is 0.497 e. The van der Waals surface area contributed by atoms with Gasteiger partial charge in [-0.25, -0.2) is 0 Å². The highest BCUT2D eigenvalue weighted by molar-refractivity contribution is 6.46. The Kier molecular flexibility index (Phi) is 4.99. The van der Waals surface area contributed by atoms with Crippen LogP contribution in [0.25, 0.3) is 0 Å². The summed E-state index contributed by atoms with van der Waals surface area (Å²) in [5.41, 5.74) is 1.09. The highest BCUT2D eigenvalue weighted by Gasteiger charge is 2.40. The summed E-state index contributed by atoms with van der Waals surface area (Å²) in [6.45, 7) is 4.00. The molecule has 1 fully saturated rings. The molecule has 3 rings (SSSR count). The minimum atomic E-state index is -0.329. The van der Waals surface area contributed by atoms with E-state index in [4.69, 9.17) is 9.73 Å². The summed E-state index contributed by atoms with van der Waals surface area (Å²) in [6.07, 6.45) is 5.43. The molecular weight excluding hydrogens is 264 g/mol. The molecule has 0 atom stereocenters. The summed E-state index contributed by atoms with van der Waals surface area (Å²) in [6, 6.07) is 7.49. The molecule has 114 valence electrons. The average Bonchev–Trinajstić information content (AvgIpc) is 2.86. The van der Waals surface area contributed by atoms with Gasteiger partial charge in [0.15, 0.2) is 0 Å². The first-order valence-electron chi connectivity index (χ1n) is 7.79. The fraction of sp³-hybridized carbons (Fsp3) is 0.529. The van der Waals surface area contributed by atoms with Gasteiger partial charge in [0.1, 0.15) is 17.1 Å². The van der Waals surface area contributed by atoms with Crippen LogP contribution in [0.15, 0.2) is 29.3 Å². The molecule has 1 N–H and O–H groups in total. The third-order valence-electron chi connectivity index (χ3n) is 3.93. The van der Waals surface area contributed by atoms with Gasteiger partial charge in [-0.2, -0.15) is 0 Å². The Morgan fingerprint density at radius 1 is 1.10 bits per heavy atom. The summed E-state index contributed by atoms with van der Waals surface area (Å²) < 4.78 is 5.13. The first kappa shape index (κ1) is 15.5. The van der Waals surface area contributed by atoms with E-state index >= 15 is 0 Å². The second-order valence-electron chi connectivity index (χ2n) is 5.24. The van der Waals surface area contributed by atoms with E-state index in [0.717, 1.165) is 37.0 Å². The summed E-state index contributed by atoms with van der Waals surface area (Å²) in [5, 5.41) is 3.07. The van der Waals surface area contributed by atoms with Crippen molar-refractivity contribution < 1.29 is 9.53 Å². The number of rotatable bonds is 2. The van der Waals surface area contributed by atoms with Gasteiger partial charge in [-0.1, -0.05) is 20.3 Å². The fourth-order valence-electron chi connectivity index (χ4n) is 2.88. The van der Waals surface area contributed by atoms with Crippen LogP contribution in [0.4, 0.5) is 0 Å². The normalized spacial score (nSPS) is 19.4. The predicted molar refractivity (Wildman–Crippen MR) is 84.8 cm³/mol. The van der Waals surface area contributed by atoms with Crippen LogP contribution < -0.4 is 10.1 Å². The molecule has 0 bridgehead atoms. The molecule has 4 nitrogen and oxygen atoms in total. The standard InChI is InChI=1S/C15H18N2O2.C2H6/c1-19-12-7-5-11(6-8-12)13-14(18)17-15(16-13)9-3-2-4-10-15;1-2/h5-8H,2-4,9-10H2,1H3,(H,17,18);1-2H3. The molecule has 0 radical (unpaired) electrons. The van der Waals surface area contributed by atoms with Crippen LogP contribution in [0, 0.1) is 0 Å². The van der Waals surface area contributed by atoms with E-state index in [9.17, 15) is 4.79 Å². The number of ether oxygens (including phenoxy) is 1. The van der Waals surface area contributed by atoms with Crippen molar-refractivity contribution in [2.24, 2.45) is 4.99 Å².